The molecule has 1 aliphatic rings. The lowest BCUT2D eigenvalue weighted by Crippen LogP contribution is -2.43. The highest BCUT2D eigenvalue weighted by Gasteiger charge is 2.30. The van der Waals surface area contributed by atoms with Crippen LogP contribution in [0.5, 0.6) is 0 Å². The van der Waals surface area contributed by atoms with Crippen molar-refractivity contribution in [2.75, 3.05) is 30.4 Å². The highest BCUT2D eigenvalue weighted by Crippen LogP contribution is 2.27. The van der Waals surface area contributed by atoms with E-state index in [1.54, 1.807) is 23.1 Å². The maximum absolute atomic E-state index is 13.6. The Morgan fingerprint density at radius 1 is 0.973 bits per heavy atom. The van der Waals surface area contributed by atoms with Crippen LogP contribution < -0.4 is 15.1 Å². The molecule has 1 saturated heterocycles. The van der Waals surface area contributed by atoms with Crippen LogP contribution in [0.1, 0.15) is 24.0 Å². The van der Waals surface area contributed by atoms with Crippen molar-refractivity contribution < 1.29 is 19.5 Å². The van der Waals surface area contributed by atoms with E-state index in [1.165, 1.54) is 6.08 Å². The number of carboxylic acid groups (broad SMARTS) is 1. The Bertz CT molecular complexity index is 1300. The third-order valence-electron chi connectivity index (χ3n) is 6.47. The predicted molar refractivity (Wildman–Crippen MR) is 146 cm³/mol. The van der Waals surface area contributed by atoms with Gasteiger partial charge in [-0.05, 0) is 59.0 Å². The Morgan fingerprint density at radius 2 is 1.65 bits per heavy atom. The summed E-state index contributed by atoms with van der Waals surface area (Å²) in [4.78, 5) is 40.3. The van der Waals surface area contributed by atoms with E-state index in [2.05, 4.69) is 34.5 Å². The molecule has 0 saturated carbocycles. The van der Waals surface area contributed by atoms with Crippen LogP contribution >= 0.6 is 0 Å². The molecule has 1 atom stereocenters. The van der Waals surface area contributed by atoms with E-state index < -0.39 is 11.9 Å². The predicted octanol–water partition coefficient (Wildman–Crippen LogP) is 4.58. The highest BCUT2D eigenvalue weighted by molar-refractivity contribution is 5.98. The molecule has 0 aliphatic carbocycles. The Morgan fingerprint density at radius 3 is 2.27 bits per heavy atom. The summed E-state index contributed by atoms with van der Waals surface area (Å²) in [5.74, 6) is -1.67. The van der Waals surface area contributed by atoms with Gasteiger partial charge in [0.25, 0.3) is 0 Å². The quantitative estimate of drug-likeness (QED) is 0.445. The van der Waals surface area contributed by atoms with E-state index in [1.807, 2.05) is 44.4 Å². The number of nitrogens with zero attached hydrogens (tertiary/aromatic N) is 2. The first-order chi connectivity index (χ1) is 17.8. The lowest BCUT2D eigenvalue weighted by molar-refractivity contribution is -0.131. The summed E-state index contributed by atoms with van der Waals surface area (Å²) < 4.78 is 0. The molecule has 37 heavy (non-hydrogen) atoms. The Hall–Kier alpha value is -4.39. The third kappa shape index (κ3) is 6.64. The van der Waals surface area contributed by atoms with Gasteiger partial charge in [-0.25, -0.2) is 4.79 Å². The van der Waals surface area contributed by atoms with Gasteiger partial charge in [-0.15, -0.1) is 0 Å². The molecule has 1 unspecified atom stereocenters. The Labute approximate surface area is 217 Å². The summed E-state index contributed by atoms with van der Waals surface area (Å²) in [5, 5.41) is 11.8. The van der Waals surface area contributed by atoms with Crippen LogP contribution in [0.4, 0.5) is 11.4 Å². The molecule has 7 nitrogen and oxygen atoms in total. The van der Waals surface area contributed by atoms with Gasteiger partial charge < -0.3 is 20.2 Å². The molecule has 0 bridgehead atoms. The van der Waals surface area contributed by atoms with Gasteiger partial charge >= 0.3 is 5.97 Å². The molecule has 0 aromatic heterocycles. The highest BCUT2D eigenvalue weighted by atomic mass is 16.4. The zero-order chi connectivity index (χ0) is 26.4. The molecule has 1 fully saturated rings. The molecule has 0 radical (unpaired) electrons. The zero-order valence-corrected chi connectivity index (χ0v) is 21.1. The van der Waals surface area contributed by atoms with Crippen molar-refractivity contribution >= 4 is 35.2 Å². The molecule has 2 amide bonds. The molecule has 7 heteroatoms. The summed E-state index contributed by atoms with van der Waals surface area (Å²) in [7, 11) is 4.02. The molecule has 3 aromatic rings. The number of aliphatic carboxylic acids is 1. The van der Waals surface area contributed by atoms with Crippen molar-refractivity contribution in [1.29, 1.82) is 0 Å². The smallest absolute Gasteiger partial charge is 0.328 e. The van der Waals surface area contributed by atoms with E-state index in [-0.39, 0.29) is 18.2 Å². The van der Waals surface area contributed by atoms with Crippen LogP contribution in [0.3, 0.4) is 0 Å². The zero-order valence-electron chi connectivity index (χ0n) is 21.1. The molecule has 3 aromatic carbocycles. The number of piperidine rings is 1. The average Bonchev–Trinajstić information content (AvgIpc) is 2.91. The van der Waals surface area contributed by atoms with Crippen molar-refractivity contribution in [2.45, 2.75) is 19.4 Å². The second kappa shape index (κ2) is 11.6. The Kier molecular flexibility index (Phi) is 8.03. The monoisotopic (exact) mass is 497 g/mol. The molecule has 1 aliphatic heterocycles. The van der Waals surface area contributed by atoms with Gasteiger partial charge in [0.1, 0.15) is 0 Å². The molecule has 1 heterocycles. The first-order valence-electron chi connectivity index (χ1n) is 12.3. The number of hydrogen-bond donors (Lipinski definition) is 2. The maximum atomic E-state index is 13.6. The second-order valence-electron chi connectivity index (χ2n) is 9.37. The fourth-order valence-corrected chi connectivity index (χ4v) is 4.41. The minimum atomic E-state index is -1.04. The minimum Gasteiger partial charge on any atom is -0.478 e. The van der Waals surface area contributed by atoms with Gasteiger partial charge in [-0.2, -0.15) is 0 Å². The number of hydrogen-bond acceptors (Lipinski definition) is 4. The van der Waals surface area contributed by atoms with Crippen LogP contribution in [0.25, 0.3) is 17.2 Å². The number of carbonyl (C=O) groups excluding carboxylic acids is 2. The third-order valence-corrected chi connectivity index (χ3v) is 6.47. The van der Waals surface area contributed by atoms with Gasteiger partial charge in [-0.1, -0.05) is 48.5 Å². The first-order valence-corrected chi connectivity index (χ1v) is 12.3. The number of carboxylic acids is 1. The summed E-state index contributed by atoms with van der Waals surface area (Å²) in [6, 6.07) is 23.7. The number of amides is 2. The SMILES string of the molecule is CN(C)c1ccc(-c2ccc(CN(C(=O)C3CCNC(=O)C3)c3cccc(C=CC(=O)O)c3)cc2)cc1. The Balaban J connectivity index is 1.60. The second-order valence-corrected chi connectivity index (χ2v) is 9.37. The molecule has 4 rings (SSSR count). The molecule has 0 spiro atoms. The first kappa shape index (κ1) is 25.7. The number of nitrogens with one attached hydrogen (secondary N) is 1. The minimum absolute atomic E-state index is 0.113. The van der Waals surface area contributed by atoms with Crippen molar-refractivity contribution in [1.82, 2.24) is 5.32 Å². The van der Waals surface area contributed by atoms with Crippen molar-refractivity contribution in [3.63, 3.8) is 0 Å². The fourth-order valence-electron chi connectivity index (χ4n) is 4.41. The van der Waals surface area contributed by atoms with E-state index in [4.69, 9.17) is 5.11 Å². The number of rotatable bonds is 8. The maximum Gasteiger partial charge on any atom is 0.328 e. The standard InChI is InChI=1S/C30H31N3O4/c1-32(2)26-13-11-24(12-14-26)23-9-6-22(7-10-23)20-33(30(37)25-16-17-31-28(34)19-25)27-5-3-4-21(18-27)8-15-29(35)36/h3-15,18,25H,16-17,19-20H2,1-2H3,(H,31,34)(H,35,36). The average molecular weight is 498 g/mol. The van der Waals surface area contributed by atoms with Crippen LogP contribution in [0.2, 0.25) is 0 Å². The van der Waals surface area contributed by atoms with Crippen LogP contribution in [-0.4, -0.2) is 43.5 Å². The molecular formula is C30H31N3O4. The van der Waals surface area contributed by atoms with Crippen molar-refractivity contribution in [3.05, 3.63) is 90.0 Å². The fraction of sp³-hybridized carbons (Fsp3) is 0.233. The van der Waals surface area contributed by atoms with Gasteiger partial charge in [0.15, 0.2) is 0 Å². The van der Waals surface area contributed by atoms with Crippen LogP contribution in [0, 0.1) is 5.92 Å². The summed E-state index contributed by atoms with van der Waals surface area (Å²) in [6.07, 6.45) is 3.32. The van der Waals surface area contributed by atoms with Crippen molar-refractivity contribution in [3.8, 4) is 11.1 Å². The normalized spacial score (nSPS) is 15.3. The number of anilines is 2. The molecular weight excluding hydrogens is 466 g/mol. The van der Waals surface area contributed by atoms with Gasteiger partial charge in [-0.3, -0.25) is 9.59 Å². The van der Waals surface area contributed by atoms with Crippen LogP contribution in [-0.2, 0) is 20.9 Å². The largest absolute Gasteiger partial charge is 0.478 e. The summed E-state index contributed by atoms with van der Waals surface area (Å²) in [6.45, 7) is 0.814. The van der Waals surface area contributed by atoms with E-state index in [0.29, 0.717) is 30.8 Å². The molecule has 2 N–H and O–H groups in total. The number of carbonyl (C=O) groups is 3. The van der Waals surface area contributed by atoms with Gasteiger partial charge in [0.05, 0.1) is 6.54 Å². The summed E-state index contributed by atoms with van der Waals surface area (Å²) >= 11 is 0. The lowest BCUT2D eigenvalue weighted by Gasteiger charge is -2.30. The topological polar surface area (TPSA) is 90.0 Å². The van der Waals surface area contributed by atoms with E-state index in [9.17, 15) is 14.4 Å². The van der Waals surface area contributed by atoms with Gasteiger partial charge in [0.2, 0.25) is 11.8 Å². The summed E-state index contributed by atoms with van der Waals surface area (Å²) in [5.41, 5.74) is 5.61. The van der Waals surface area contributed by atoms with Gasteiger partial charge in [0, 0.05) is 50.4 Å². The molecule has 190 valence electrons. The van der Waals surface area contributed by atoms with Crippen LogP contribution in [0.15, 0.2) is 78.9 Å². The van der Waals surface area contributed by atoms with Crippen molar-refractivity contribution in [2.24, 2.45) is 5.92 Å². The number of benzene rings is 3. The van der Waals surface area contributed by atoms with E-state index >= 15 is 0 Å². The van der Waals surface area contributed by atoms with E-state index in [0.717, 1.165) is 28.5 Å². The lowest BCUT2D eigenvalue weighted by atomic mass is 9.95.